The van der Waals surface area contributed by atoms with Crippen LogP contribution in [-0.2, 0) is 6.54 Å². The van der Waals surface area contributed by atoms with Crippen molar-refractivity contribution in [1.29, 1.82) is 0 Å². The van der Waals surface area contributed by atoms with Crippen molar-refractivity contribution in [3.05, 3.63) is 29.3 Å². The number of halogens is 1. The van der Waals surface area contributed by atoms with E-state index in [1.165, 1.54) is 10.4 Å². The van der Waals surface area contributed by atoms with E-state index in [1.807, 2.05) is 6.20 Å². The molecule has 3 heterocycles. The summed E-state index contributed by atoms with van der Waals surface area (Å²) in [6.45, 7) is 5.22. The maximum atomic E-state index is 6.07. The average Bonchev–Trinajstić information content (AvgIpc) is 3.01. The zero-order chi connectivity index (χ0) is 12.5. The van der Waals surface area contributed by atoms with E-state index in [1.54, 1.807) is 11.3 Å². The van der Waals surface area contributed by atoms with E-state index in [0.29, 0.717) is 12.0 Å². The van der Waals surface area contributed by atoms with Gasteiger partial charge in [0, 0.05) is 31.2 Å². The molecule has 1 aliphatic rings. The third-order valence-electron chi connectivity index (χ3n) is 3.63. The highest BCUT2D eigenvalue weighted by molar-refractivity contribution is 7.13. The fourth-order valence-electron chi connectivity index (χ4n) is 2.53. The van der Waals surface area contributed by atoms with Gasteiger partial charge in [0.25, 0.3) is 0 Å². The van der Waals surface area contributed by atoms with Gasteiger partial charge in [-0.25, -0.2) is 0 Å². The van der Waals surface area contributed by atoms with Crippen LogP contribution in [-0.4, -0.2) is 34.2 Å². The standard InChI is InChI=1S/C13H18N4S.ClH/c1-9-6-17(8-11(9)14)7-10-5-15-16-13(10)12-3-2-4-18-12;/h2-5,9,11H,6-8,14H2,1H3,(H,15,16);1H. The number of hydrogen-bond donors (Lipinski definition) is 2. The van der Waals surface area contributed by atoms with E-state index in [2.05, 4.69) is 39.5 Å². The first kappa shape index (κ1) is 14.5. The van der Waals surface area contributed by atoms with Gasteiger partial charge in [-0.2, -0.15) is 5.10 Å². The first-order chi connectivity index (χ1) is 8.74. The molecule has 3 N–H and O–H groups in total. The second-order valence-electron chi connectivity index (χ2n) is 5.08. The summed E-state index contributed by atoms with van der Waals surface area (Å²) >= 11 is 1.74. The number of aromatic nitrogens is 2. The molecule has 0 spiro atoms. The van der Waals surface area contributed by atoms with Crippen molar-refractivity contribution in [2.75, 3.05) is 13.1 Å². The number of nitrogens with zero attached hydrogens (tertiary/aromatic N) is 2. The van der Waals surface area contributed by atoms with Gasteiger partial charge in [-0.15, -0.1) is 23.7 Å². The molecule has 0 aromatic carbocycles. The molecule has 1 saturated heterocycles. The van der Waals surface area contributed by atoms with Crippen LogP contribution in [0.5, 0.6) is 0 Å². The van der Waals surface area contributed by atoms with Crippen LogP contribution in [0, 0.1) is 5.92 Å². The average molecular weight is 299 g/mol. The number of thiophene rings is 1. The summed E-state index contributed by atoms with van der Waals surface area (Å²) in [5, 5.41) is 9.38. The third kappa shape index (κ3) is 3.00. The van der Waals surface area contributed by atoms with Crippen LogP contribution in [0.4, 0.5) is 0 Å². The Morgan fingerprint density at radius 3 is 3.00 bits per heavy atom. The molecule has 6 heteroatoms. The lowest BCUT2D eigenvalue weighted by Gasteiger charge is -2.14. The Morgan fingerprint density at radius 1 is 1.53 bits per heavy atom. The maximum Gasteiger partial charge on any atom is 0.0794 e. The topological polar surface area (TPSA) is 57.9 Å². The normalized spacial score (nSPS) is 23.5. The molecule has 3 rings (SSSR count). The minimum atomic E-state index is 0. The van der Waals surface area contributed by atoms with Gasteiger partial charge in [-0.05, 0) is 17.4 Å². The fourth-order valence-corrected chi connectivity index (χ4v) is 3.29. The molecule has 2 aromatic rings. The van der Waals surface area contributed by atoms with Crippen LogP contribution in [0.25, 0.3) is 10.6 Å². The second kappa shape index (κ2) is 6.05. The summed E-state index contributed by atoms with van der Waals surface area (Å²) < 4.78 is 0. The van der Waals surface area contributed by atoms with Crippen molar-refractivity contribution in [1.82, 2.24) is 15.1 Å². The number of nitrogens with two attached hydrogens (primary N) is 1. The molecular weight excluding hydrogens is 280 g/mol. The Balaban J connectivity index is 0.00000133. The first-order valence-corrected chi connectivity index (χ1v) is 7.16. The lowest BCUT2D eigenvalue weighted by Crippen LogP contribution is -2.28. The van der Waals surface area contributed by atoms with Gasteiger partial charge in [-0.3, -0.25) is 10.00 Å². The number of rotatable bonds is 3. The molecule has 0 saturated carbocycles. The zero-order valence-electron chi connectivity index (χ0n) is 10.9. The molecule has 1 fully saturated rings. The molecule has 104 valence electrons. The molecular formula is C13H19ClN4S. The highest BCUT2D eigenvalue weighted by Gasteiger charge is 2.27. The Kier molecular flexibility index (Phi) is 4.62. The van der Waals surface area contributed by atoms with Crippen molar-refractivity contribution in [2.24, 2.45) is 11.7 Å². The van der Waals surface area contributed by atoms with Gasteiger partial charge in [0.1, 0.15) is 0 Å². The summed E-state index contributed by atoms with van der Waals surface area (Å²) in [4.78, 5) is 3.66. The predicted molar refractivity (Wildman–Crippen MR) is 81.6 cm³/mol. The van der Waals surface area contributed by atoms with E-state index in [0.717, 1.165) is 25.3 Å². The number of likely N-dealkylation sites (tertiary alicyclic amines) is 1. The van der Waals surface area contributed by atoms with Crippen LogP contribution in [0.15, 0.2) is 23.7 Å². The predicted octanol–water partition coefficient (Wildman–Crippen LogP) is 2.34. The largest absolute Gasteiger partial charge is 0.326 e. The molecule has 2 atom stereocenters. The van der Waals surface area contributed by atoms with Crippen molar-refractivity contribution in [2.45, 2.75) is 19.5 Å². The number of aromatic amines is 1. The highest BCUT2D eigenvalue weighted by Crippen LogP contribution is 2.27. The van der Waals surface area contributed by atoms with Crippen molar-refractivity contribution < 1.29 is 0 Å². The monoisotopic (exact) mass is 298 g/mol. The zero-order valence-corrected chi connectivity index (χ0v) is 12.5. The molecule has 1 aliphatic heterocycles. The van der Waals surface area contributed by atoms with Gasteiger partial charge in [0.15, 0.2) is 0 Å². The molecule has 2 aromatic heterocycles. The highest BCUT2D eigenvalue weighted by atomic mass is 35.5. The van der Waals surface area contributed by atoms with E-state index < -0.39 is 0 Å². The minimum Gasteiger partial charge on any atom is -0.326 e. The SMILES string of the molecule is CC1CN(Cc2cn[nH]c2-c2cccs2)CC1N.Cl. The van der Waals surface area contributed by atoms with Crippen LogP contribution in [0.1, 0.15) is 12.5 Å². The Morgan fingerprint density at radius 2 is 2.37 bits per heavy atom. The Labute approximate surface area is 123 Å². The van der Waals surface area contributed by atoms with Crippen LogP contribution in [0.3, 0.4) is 0 Å². The molecule has 0 radical (unpaired) electrons. The smallest absolute Gasteiger partial charge is 0.0794 e. The maximum absolute atomic E-state index is 6.07. The minimum absolute atomic E-state index is 0. The quantitative estimate of drug-likeness (QED) is 0.914. The molecule has 2 unspecified atom stereocenters. The van der Waals surface area contributed by atoms with E-state index >= 15 is 0 Å². The van der Waals surface area contributed by atoms with E-state index in [-0.39, 0.29) is 12.4 Å². The van der Waals surface area contributed by atoms with Crippen molar-refractivity contribution in [3.8, 4) is 10.6 Å². The number of hydrogen-bond acceptors (Lipinski definition) is 4. The summed E-state index contributed by atoms with van der Waals surface area (Å²) in [6, 6.07) is 4.50. The molecule has 0 amide bonds. The summed E-state index contributed by atoms with van der Waals surface area (Å²) in [6.07, 6.45) is 1.93. The van der Waals surface area contributed by atoms with Crippen LogP contribution >= 0.6 is 23.7 Å². The number of H-pyrrole nitrogens is 1. The van der Waals surface area contributed by atoms with Crippen molar-refractivity contribution >= 4 is 23.7 Å². The van der Waals surface area contributed by atoms with E-state index in [9.17, 15) is 0 Å². The summed E-state index contributed by atoms with van der Waals surface area (Å²) in [5.41, 5.74) is 8.48. The van der Waals surface area contributed by atoms with Crippen LogP contribution < -0.4 is 5.73 Å². The van der Waals surface area contributed by atoms with Gasteiger partial charge >= 0.3 is 0 Å². The fraction of sp³-hybridized carbons (Fsp3) is 0.462. The third-order valence-corrected chi connectivity index (χ3v) is 4.51. The Hall–Kier alpha value is -0.880. The van der Waals surface area contributed by atoms with Crippen molar-refractivity contribution in [3.63, 3.8) is 0 Å². The molecule has 4 nitrogen and oxygen atoms in total. The second-order valence-corrected chi connectivity index (χ2v) is 6.03. The van der Waals surface area contributed by atoms with Gasteiger partial charge in [0.05, 0.1) is 16.8 Å². The van der Waals surface area contributed by atoms with Crippen LogP contribution in [0.2, 0.25) is 0 Å². The van der Waals surface area contributed by atoms with Gasteiger partial charge in [-0.1, -0.05) is 13.0 Å². The summed E-state index contributed by atoms with van der Waals surface area (Å²) in [7, 11) is 0. The first-order valence-electron chi connectivity index (χ1n) is 6.28. The molecule has 0 aliphatic carbocycles. The molecule has 19 heavy (non-hydrogen) atoms. The van der Waals surface area contributed by atoms with Gasteiger partial charge < -0.3 is 5.73 Å². The number of nitrogens with one attached hydrogen (secondary N) is 1. The lowest BCUT2D eigenvalue weighted by molar-refractivity contribution is 0.319. The Bertz CT molecular complexity index is 500. The van der Waals surface area contributed by atoms with Gasteiger partial charge in [0.2, 0.25) is 0 Å². The molecule has 0 bridgehead atoms. The van der Waals surface area contributed by atoms with E-state index in [4.69, 9.17) is 5.73 Å². The summed E-state index contributed by atoms with van der Waals surface area (Å²) in [5.74, 6) is 0.585. The lowest BCUT2D eigenvalue weighted by atomic mass is 10.1.